The van der Waals surface area contributed by atoms with Crippen molar-refractivity contribution in [1.29, 1.82) is 0 Å². The van der Waals surface area contributed by atoms with Crippen molar-refractivity contribution in [3.8, 4) is 0 Å². The zero-order valence-corrected chi connectivity index (χ0v) is 10.8. The molecule has 1 rings (SSSR count). The molecule has 18 heavy (non-hydrogen) atoms. The van der Waals surface area contributed by atoms with Gasteiger partial charge in [0.15, 0.2) is 9.84 Å². The molecule has 0 atom stereocenters. The topological polar surface area (TPSA) is 60.2 Å². The zero-order chi connectivity index (χ0) is 14.1. The van der Waals surface area contributed by atoms with E-state index in [0.29, 0.717) is 6.07 Å². The van der Waals surface area contributed by atoms with Crippen molar-refractivity contribution in [2.75, 3.05) is 11.5 Å². The number of hydrogen-bond acceptors (Lipinski definition) is 3. The van der Waals surface area contributed by atoms with Gasteiger partial charge in [-0.2, -0.15) is 13.2 Å². The lowest BCUT2D eigenvalue weighted by Gasteiger charge is -2.13. The van der Waals surface area contributed by atoms with Crippen molar-refractivity contribution in [3.63, 3.8) is 0 Å². The fourth-order valence-corrected chi connectivity index (χ4v) is 3.15. The molecule has 7 heteroatoms. The summed E-state index contributed by atoms with van der Waals surface area (Å²) in [5.41, 5.74) is 3.61. The van der Waals surface area contributed by atoms with Crippen LogP contribution in [0.2, 0.25) is 0 Å². The fraction of sp³-hybridized carbons (Fsp3) is 0.455. The number of alkyl halides is 3. The van der Waals surface area contributed by atoms with E-state index in [4.69, 9.17) is 5.73 Å². The summed E-state index contributed by atoms with van der Waals surface area (Å²) in [7, 11) is -3.71. The van der Waals surface area contributed by atoms with E-state index in [0.717, 1.165) is 12.1 Å². The quantitative estimate of drug-likeness (QED) is 0.867. The smallest absolute Gasteiger partial charge is 0.398 e. The molecular formula is C11H14F3NO2S. The van der Waals surface area contributed by atoms with Crippen LogP contribution in [-0.4, -0.2) is 14.2 Å². The lowest BCUT2D eigenvalue weighted by atomic mass is 10.2. The Morgan fingerprint density at radius 3 is 2.28 bits per heavy atom. The molecule has 102 valence electrons. The van der Waals surface area contributed by atoms with E-state index in [-0.39, 0.29) is 16.6 Å². The summed E-state index contributed by atoms with van der Waals surface area (Å²) in [6.07, 6.45) is -4.66. The van der Waals surface area contributed by atoms with Crippen LogP contribution < -0.4 is 5.73 Å². The van der Waals surface area contributed by atoms with Crippen LogP contribution in [0.1, 0.15) is 19.4 Å². The maximum Gasteiger partial charge on any atom is 0.418 e. The molecule has 2 N–H and O–H groups in total. The number of rotatable bonds is 3. The van der Waals surface area contributed by atoms with Crippen LogP contribution in [0.4, 0.5) is 18.9 Å². The molecular weight excluding hydrogens is 267 g/mol. The molecule has 1 aromatic rings. The lowest BCUT2D eigenvalue weighted by Crippen LogP contribution is -2.15. The third-order valence-electron chi connectivity index (χ3n) is 2.24. The fourth-order valence-electron chi connectivity index (χ4n) is 1.51. The zero-order valence-electron chi connectivity index (χ0n) is 9.95. The molecule has 0 aliphatic heterocycles. The van der Waals surface area contributed by atoms with Crippen molar-refractivity contribution in [3.05, 3.63) is 23.8 Å². The maximum atomic E-state index is 12.6. The second-order valence-corrected chi connectivity index (χ2v) is 6.46. The van der Waals surface area contributed by atoms with Crippen molar-refractivity contribution >= 4 is 15.5 Å². The van der Waals surface area contributed by atoms with Crippen LogP contribution in [0.25, 0.3) is 0 Å². The first-order valence-corrected chi connectivity index (χ1v) is 6.89. The predicted molar refractivity (Wildman–Crippen MR) is 62.7 cm³/mol. The van der Waals surface area contributed by atoms with E-state index in [2.05, 4.69) is 0 Å². The van der Waals surface area contributed by atoms with Crippen LogP contribution in [-0.2, 0) is 16.0 Å². The van der Waals surface area contributed by atoms with Gasteiger partial charge in [0.05, 0.1) is 16.2 Å². The molecule has 0 aromatic heterocycles. The van der Waals surface area contributed by atoms with Gasteiger partial charge in [-0.1, -0.05) is 13.8 Å². The van der Waals surface area contributed by atoms with Crippen LogP contribution in [0.15, 0.2) is 23.1 Å². The molecule has 0 bridgehead atoms. The molecule has 0 aliphatic rings. The lowest BCUT2D eigenvalue weighted by molar-refractivity contribution is -0.137. The number of benzene rings is 1. The molecule has 0 fully saturated rings. The number of nitrogens with two attached hydrogens (primary N) is 1. The second kappa shape index (κ2) is 4.79. The van der Waals surface area contributed by atoms with Crippen LogP contribution in [0.5, 0.6) is 0 Å². The molecule has 0 heterocycles. The highest BCUT2D eigenvalue weighted by atomic mass is 32.2. The standard InChI is InChI=1S/C11H14F3NO2S/c1-7(2)6-18(16,17)8-3-4-10(15)9(5-8)11(12,13)14/h3-5,7H,6,15H2,1-2H3. The summed E-state index contributed by atoms with van der Waals surface area (Å²) in [6.45, 7) is 3.36. The Labute approximate surface area is 104 Å². The highest BCUT2D eigenvalue weighted by molar-refractivity contribution is 7.91. The summed E-state index contributed by atoms with van der Waals surface area (Å²) >= 11 is 0. The number of sulfone groups is 1. The number of anilines is 1. The molecule has 0 amide bonds. The minimum atomic E-state index is -4.66. The Morgan fingerprint density at radius 2 is 1.83 bits per heavy atom. The largest absolute Gasteiger partial charge is 0.418 e. The van der Waals surface area contributed by atoms with E-state index in [1.165, 1.54) is 0 Å². The van der Waals surface area contributed by atoms with Crippen molar-refractivity contribution in [2.45, 2.75) is 24.9 Å². The molecule has 3 nitrogen and oxygen atoms in total. The van der Waals surface area contributed by atoms with E-state index < -0.39 is 27.3 Å². The minimum absolute atomic E-state index is 0.165. The Kier molecular flexibility index (Phi) is 3.95. The summed E-state index contributed by atoms with van der Waals surface area (Å²) < 4.78 is 61.5. The first kappa shape index (κ1) is 14.8. The van der Waals surface area contributed by atoms with Gasteiger partial charge in [-0.05, 0) is 24.1 Å². The molecule has 1 aromatic carbocycles. The Bertz CT molecular complexity index is 536. The first-order valence-electron chi connectivity index (χ1n) is 5.23. The third kappa shape index (κ3) is 3.38. The van der Waals surface area contributed by atoms with E-state index in [9.17, 15) is 21.6 Å². The molecule has 0 spiro atoms. The van der Waals surface area contributed by atoms with Gasteiger partial charge in [0.1, 0.15) is 0 Å². The first-order chi connectivity index (χ1) is 8.04. The monoisotopic (exact) mass is 281 g/mol. The molecule has 0 radical (unpaired) electrons. The SMILES string of the molecule is CC(C)CS(=O)(=O)c1ccc(N)c(C(F)(F)F)c1. The van der Waals surface area contributed by atoms with E-state index >= 15 is 0 Å². The summed E-state index contributed by atoms with van der Waals surface area (Å²) in [5.74, 6) is -0.365. The van der Waals surface area contributed by atoms with Crippen LogP contribution in [0, 0.1) is 5.92 Å². The Balaban J connectivity index is 3.30. The Hall–Kier alpha value is -1.24. The summed E-state index contributed by atoms with van der Waals surface area (Å²) in [4.78, 5) is -0.349. The van der Waals surface area contributed by atoms with Crippen molar-refractivity contribution < 1.29 is 21.6 Å². The number of hydrogen-bond donors (Lipinski definition) is 1. The number of halogens is 3. The summed E-state index contributed by atoms with van der Waals surface area (Å²) in [6, 6.07) is 2.66. The molecule has 0 saturated carbocycles. The average molecular weight is 281 g/mol. The normalized spacial score (nSPS) is 13.0. The maximum absolute atomic E-state index is 12.6. The van der Waals surface area contributed by atoms with Gasteiger partial charge in [-0.15, -0.1) is 0 Å². The van der Waals surface area contributed by atoms with Crippen molar-refractivity contribution in [1.82, 2.24) is 0 Å². The van der Waals surface area contributed by atoms with Gasteiger partial charge in [0.2, 0.25) is 0 Å². The number of nitrogen functional groups attached to an aromatic ring is 1. The average Bonchev–Trinajstić information content (AvgIpc) is 2.13. The molecule has 0 unspecified atom stereocenters. The van der Waals surface area contributed by atoms with Gasteiger partial charge in [0.25, 0.3) is 0 Å². The molecule has 0 saturated heterocycles. The second-order valence-electron chi connectivity index (χ2n) is 4.42. The highest BCUT2D eigenvalue weighted by Gasteiger charge is 2.34. The predicted octanol–water partition coefficient (Wildman–Crippen LogP) is 2.72. The van der Waals surface area contributed by atoms with Crippen LogP contribution >= 0.6 is 0 Å². The van der Waals surface area contributed by atoms with Gasteiger partial charge in [-0.3, -0.25) is 0 Å². The summed E-state index contributed by atoms with van der Waals surface area (Å²) in [5, 5.41) is 0. The van der Waals surface area contributed by atoms with Gasteiger partial charge < -0.3 is 5.73 Å². The molecule has 0 aliphatic carbocycles. The van der Waals surface area contributed by atoms with Gasteiger partial charge >= 0.3 is 6.18 Å². The Morgan fingerprint density at radius 1 is 1.28 bits per heavy atom. The van der Waals surface area contributed by atoms with Gasteiger partial charge in [-0.25, -0.2) is 8.42 Å². The van der Waals surface area contributed by atoms with Crippen molar-refractivity contribution in [2.24, 2.45) is 5.92 Å². The van der Waals surface area contributed by atoms with E-state index in [1.807, 2.05) is 0 Å². The van der Waals surface area contributed by atoms with E-state index in [1.54, 1.807) is 13.8 Å². The third-order valence-corrected chi connectivity index (χ3v) is 4.32. The van der Waals surface area contributed by atoms with Gasteiger partial charge in [0, 0.05) is 5.69 Å². The minimum Gasteiger partial charge on any atom is -0.398 e. The van der Waals surface area contributed by atoms with Crippen LogP contribution in [0.3, 0.4) is 0 Å². The highest BCUT2D eigenvalue weighted by Crippen LogP contribution is 2.35.